The van der Waals surface area contributed by atoms with E-state index in [9.17, 15) is 19.2 Å². The van der Waals surface area contributed by atoms with Crippen molar-refractivity contribution in [3.05, 3.63) is 57.6 Å². The number of hydrogen-bond donors (Lipinski definition) is 2. The molecule has 0 heterocycles. The van der Waals surface area contributed by atoms with Gasteiger partial charge in [-0.15, -0.1) is 0 Å². The van der Waals surface area contributed by atoms with Gasteiger partial charge in [-0.2, -0.15) is 0 Å². The van der Waals surface area contributed by atoms with Crippen molar-refractivity contribution in [2.45, 2.75) is 39.5 Å². The normalized spacial score (nSPS) is 11.6. The first-order chi connectivity index (χ1) is 15.6. The predicted molar refractivity (Wildman–Crippen MR) is 129 cm³/mol. The van der Waals surface area contributed by atoms with Gasteiger partial charge in [0.25, 0.3) is 5.91 Å². The number of para-hydroxylation sites is 1. The molecule has 2 aromatic rings. The standard InChI is InChI=1S/C24H26Cl2N2O5/c1-5-14-7-6-8-16(13(2)3)21(14)28-23(31)22(30)17(24(32)33-4)12-20(29)27-15-9-10-18(25)19(26)11-15/h6-11,13,17H,5,12H2,1-4H3,(H,27,29)(H,28,31)/t17-/m1/s1. The zero-order valence-electron chi connectivity index (χ0n) is 18.8. The zero-order chi connectivity index (χ0) is 24.7. The van der Waals surface area contributed by atoms with Crippen LogP contribution in [-0.2, 0) is 30.3 Å². The highest BCUT2D eigenvalue weighted by molar-refractivity contribution is 6.44. The van der Waals surface area contributed by atoms with E-state index in [0.29, 0.717) is 22.8 Å². The Hall–Kier alpha value is -2.90. The monoisotopic (exact) mass is 492 g/mol. The Kier molecular flexibility index (Phi) is 9.44. The number of anilines is 2. The van der Waals surface area contributed by atoms with Crippen molar-refractivity contribution in [3.63, 3.8) is 0 Å². The molecule has 2 aromatic carbocycles. The maximum Gasteiger partial charge on any atom is 0.317 e. The van der Waals surface area contributed by atoms with Crippen molar-refractivity contribution in [3.8, 4) is 0 Å². The second-order valence-electron chi connectivity index (χ2n) is 7.66. The van der Waals surface area contributed by atoms with Crippen LogP contribution in [0.4, 0.5) is 11.4 Å². The first-order valence-electron chi connectivity index (χ1n) is 10.4. The zero-order valence-corrected chi connectivity index (χ0v) is 20.3. The van der Waals surface area contributed by atoms with E-state index < -0.39 is 35.9 Å². The van der Waals surface area contributed by atoms with Crippen LogP contribution in [0.5, 0.6) is 0 Å². The highest BCUT2D eigenvalue weighted by atomic mass is 35.5. The van der Waals surface area contributed by atoms with Crippen LogP contribution < -0.4 is 10.6 Å². The summed E-state index contributed by atoms with van der Waals surface area (Å²) in [6.45, 7) is 5.87. The van der Waals surface area contributed by atoms with Crippen LogP contribution in [0.15, 0.2) is 36.4 Å². The van der Waals surface area contributed by atoms with Crippen LogP contribution in [0.25, 0.3) is 0 Å². The van der Waals surface area contributed by atoms with Gasteiger partial charge in [0.05, 0.1) is 17.2 Å². The molecule has 7 nitrogen and oxygen atoms in total. The minimum Gasteiger partial charge on any atom is -0.468 e. The van der Waals surface area contributed by atoms with Crippen molar-refractivity contribution < 1.29 is 23.9 Å². The Labute approximate surface area is 202 Å². The van der Waals surface area contributed by atoms with Gasteiger partial charge in [-0.1, -0.05) is 62.2 Å². The molecule has 0 aromatic heterocycles. The number of ether oxygens (including phenoxy) is 1. The Morgan fingerprint density at radius 1 is 1.00 bits per heavy atom. The van der Waals surface area contributed by atoms with Crippen LogP contribution >= 0.6 is 23.2 Å². The molecule has 0 spiro atoms. The van der Waals surface area contributed by atoms with Crippen molar-refractivity contribution >= 4 is 58.1 Å². The molecule has 176 valence electrons. The number of hydrogen-bond acceptors (Lipinski definition) is 5. The Bertz CT molecular complexity index is 1070. The molecule has 0 aliphatic heterocycles. The lowest BCUT2D eigenvalue weighted by Gasteiger charge is -2.18. The lowest BCUT2D eigenvalue weighted by molar-refractivity contribution is -0.153. The highest BCUT2D eigenvalue weighted by Crippen LogP contribution is 2.29. The molecule has 33 heavy (non-hydrogen) atoms. The molecule has 0 unspecified atom stereocenters. The SMILES string of the molecule is CCc1cccc(C(C)C)c1NC(=O)C(=O)[C@@H](CC(=O)Nc1ccc(Cl)c(Cl)c1)C(=O)OC. The molecule has 0 aliphatic rings. The van der Waals surface area contributed by atoms with Gasteiger partial charge in [0.2, 0.25) is 11.7 Å². The molecule has 2 rings (SSSR count). The molecule has 0 aliphatic carbocycles. The number of nitrogens with one attached hydrogen (secondary N) is 2. The molecular formula is C24H26Cl2N2O5. The van der Waals surface area contributed by atoms with Crippen molar-refractivity contribution in [2.24, 2.45) is 5.92 Å². The Morgan fingerprint density at radius 3 is 2.27 bits per heavy atom. The number of methoxy groups -OCH3 is 1. The van der Waals surface area contributed by atoms with Gasteiger partial charge in [-0.3, -0.25) is 19.2 Å². The molecule has 2 amide bonds. The van der Waals surface area contributed by atoms with Crippen molar-refractivity contribution in [1.29, 1.82) is 0 Å². The molecule has 2 N–H and O–H groups in total. The summed E-state index contributed by atoms with van der Waals surface area (Å²) >= 11 is 11.8. The van der Waals surface area contributed by atoms with Gasteiger partial charge in [-0.05, 0) is 41.7 Å². The van der Waals surface area contributed by atoms with Gasteiger partial charge in [-0.25, -0.2) is 0 Å². The average molecular weight is 493 g/mol. The summed E-state index contributed by atoms with van der Waals surface area (Å²) < 4.78 is 4.67. The Balaban J connectivity index is 2.22. The summed E-state index contributed by atoms with van der Waals surface area (Å²) in [6, 6.07) is 10.0. The van der Waals surface area contributed by atoms with E-state index in [-0.39, 0.29) is 10.9 Å². The number of benzene rings is 2. The number of rotatable bonds is 9. The number of carbonyl (C=O) groups excluding carboxylic acids is 4. The summed E-state index contributed by atoms with van der Waals surface area (Å²) in [5.41, 5.74) is 2.59. The van der Waals surface area contributed by atoms with E-state index in [2.05, 4.69) is 15.4 Å². The largest absolute Gasteiger partial charge is 0.468 e. The first kappa shape index (κ1) is 26.4. The Morgan fingerprint density at radius 2 is 1.70 bits per heavy atom. The third-order valence-corrected chi connectivity index (χ3v) is 5.78. The molecule has 0 radical (unpaired) electrons. The fraction of sp³-hybridized carbons (Fsp3) is 0.333. The number of amides is 2. The molecular weight excluding hydrogens is 467 g/mol. The van der Waals surface area contributed by atoms with Crippen LogP contribution in [0.1, 0.15) is 44.2 Å². The number of esters is 1. The van der Waals surface area contributed by atoms with Crippen molar-refractivity contribution in [2.75, 3.05) is 17.7 Å². The fourth-order valence-electron chi connectivity index (χ4n) is 3.28. The minimum absolute atomic E-state index is 0.0929. The number of carbonyl (C=O) groups is 4. The second-order valence-corrected chi connectivity index (χ2v) is 8.48. The third kappa shape index (κ3) is 6.79. The molecule has 0 saturated carbocycles. The van der Waals surface area contributed by atoms with Gasteiger partial charge in [0, 0.05) is 17.8 Å². The van der Waals surface area contributed by atoms with E-state index in [1.807, 2.05) is 39.0 Å². The number of ketones is 1. The first-order valence-corrected chi connectivity index (χ1v) is 11.1. The lowest BCUT2D eigenvalue weighted by atomic mass is 9.95. The number of halogens is 2. The van der Waals surface area contributed by atoms with Crippen LogP contribution in [-0.4, -0.2) is 30.7 Å². The summed E-state index contributed by atoms with van der Waals surface area (Å²) in [5.74, 6) is -5.21. The smallest absolute Gasteiger partial charge is 0.317 e. The second kappa shape index (κ2) is 11.8. The van der Waals surface area contributed by atoms with Gasteiger partial charge >= 0.3 is 5.97 Å². The average Bonchev–Trinajstić information content (AvgIpc) is 2.78. The number of aryl methyl sites for hydroxylation is 1. The summed E-state index contributed by atoms with van der Waals surface area (Å²) in [4.78, 5) is 50.4. The fourth-order valence-corrected chi connectivity index (χ4v) is 3.58. The van der Waals surface area contributed by atoms with Gasteiger partial charge < -0.3 is 15.4 Å². The van der Waals surface area contributed by atoms with Crippen LogP contribution in [0, 0.1) is 5.92 Å². The molecule has 0 bridgehead atoms. The summed E-state index contributed by atoms with van der Waals surface area (Å²) in [5, 5.41) is 5.71. The number of Topliss-reactive ketones (excluding diaryl/α,β-unsaturated/α-hetero) is 1. The minimum atomic E-state index is -1.60. The maximum absolute atomic E-state index is 12.9. The topological polar surface area (TPSA) is 102 Å². The maximum atomic E-state index is 12.9. The van der Waals surface area contributed by atoms with E-state index in [1.54, 1.807) is 0 Å². The lowest BCUT2D eigenvalue weighted by Crippen LogP contribution is -2.37. The van der Waals surface area contributed by atoms with E-state index >= 15 is 0 Å². The molecule has 0 saturated heterocycles. The van der Waals surface area contributed by atoms with E-state index in [4.69, 9.17) is 23.2 Å². The van der Waals surface area contributed by atoms with Gasteiger partial charge in [0.1, 0.15) is 5.92 Å². The summed E-state index contributed by atoms with van der Waals surface area (Å²) in [6.07, 6.45) is 0.0580. The van der Waals surface area contributed by atoms with E-state index in [1.165, 1.54) is 18.2 Å². The highest BCUT2D eigenvalue weighted by Gasteiger charge is 2.35. The predicted octanol–water partition coefficient (Wildman–Crippen LogP) is 5.00. The molecule has 9 heteroatoms. The third-order valence-electron chi connectivity index (χ3n) is 5.04. The molecule has 0 fully saturated rings. The van der Waals surface area contributed by atoms with Crippen molar-refractivity contribution in [1.82, 2.24) is 0 Å². The molecule has 1 atom stereocenters. The summed E-state index contributed by atoms with van der Waals surface area (Å²) in [7, 11) is 1.08. The van der Waals surface area contributed by atoms with Crippen LogP contribution in [0.3, 0.4) is 0 Å². The quantitative estimate of drug-likeness (QED) is 0.291. The van der Waals surface area contributed by atoms with Gasteiger partial charge in [0.15, 0.2) is 0 Å². The van der Waals surface area contributed by atoms with E-state index in [0.717, 1.165) is 18.2 Å². The van der Waals surface area contributed by atoms with Crippen LogP contribution in [0.2, 0.25) is 10.0 Å².